The van der Waals surface area contributed by atoms with Gasteiger partial charge in [0.15, 0.2) is 9.84 Å². The van der Waals surface area contributed by atoms with Gasteiger partial charge in [-0.25, -0.2) is 13.1 Å². The van der Waals surface area contributed by atoms with E-state index in [0.29, 0.717) is 17.0 Å². The summed E-state index contributed by atoms with van der Waals surface area (Å²) in [6.45, 7) is 3.99. The molecule has 3 rings (SSSR count). The lowest BCUT2D eigenvalue weighted by molar-refractivity contribution is 0.0746. The van der Waals surface area contributed by atoms with E-state index < -0.39 is 9.84 Å². The first kappa shape index (κ1) is 18.9. The van der Waals surface area contributed by atoms with Crippen LogP contribution in [0, 0.1) is 0 Å². The molecule has 26 heavy (non-hydrogen) atoms. The number of benzene rings is 1. The Bertz CT molecular complexity index is 937. The molecule has 1 aliphatic heterocycles. The van der Waals surface area contributed by atoms with Gasteiger partial charge in [0.05, 0.1) is 34.6 Å². The Hall–Kier alpha value is -1.86. The van der Waals surface area contributed by atoms with Crippen LogP contribution in [0.5, 0.6) is 0 Å². The van der Waals surface area contributed by atoms with E-state index in [-0.39, 0.29) is 29.4 Å². The molecule has 140 valence electrons. The molecule has 1 amide bonds. The number of carbonyl (C=O) groups is 1. The third-order valence-electron chi connectivity index (χ3n) is 4.71. The van der Waals surface area contributed by atoms with Crippen molar-refractivity contribution < 1.29 is 13.2 Å². The second kappa shape index (κ2) is 7.04. The van der Waals surface area contributed by atoms with Crippen LogP contribution < -0.4 is 0 Å². The summed E-state index contributed by atoms with van der Waals surface area (Å²) in [5.41, 5.74) is 2.06. The second-order valence-corrected chi connectivity index (χ2v) is 9.63. The van der Waals surface area contributed by atoms with Crippen LogP contribution in [0.4, 0.5) is 0 Å². The first-order valence-corrected chi connectivity index (χ1v) is 10.7. The van der Waals surface area contributed by atoms with Gasteiger partial charge in [-0.2, -0.15) is 5.10 Å². The number of rotatable bonds is 4. The lowest BCUT2D eigenvalue weighted by atomic mass is 10.0. The van der Waals surface area contributed by atoms with Gasteiger partial charge in [-0.3, -0.25) is 4.79 Å². The van der Waals surface area contributed by atoms with Crippen molar-refractivity contribution in [3.8, 4) is 5.69 Å². The SMILES string of the molecule is CC(C)c1c(C(=O)N(C)C2CCS(=O)(=O)C2)cnn1-c1cccc(Cl)c1. The molecule has 6 nitrogen and oxygen atoms in total. The molecule has 2 aromatic rings. The molecule has 1 fully saturated rings. The van der Waals surface area contributed by atoms with E-state index >= 15 is 0 Å². The van der Waals surface area contributed by atoms with Crippen molar-refractivity contribution in [1.82, 2.24) is 14.7 Å². The number of carbonyl (C=O) groups excluding carboxylic acids is 1. The molecule has 0 spiro atoms. The van der Waals surface area contributed by atoms with Crippen molar-refractivity contribution in [2.45, 2.75) is 32.2 Å². The fraction of sp³-hybridized carbons (Fsp3) is 0.444. The van der Waals surface area contributed by atoms with E-state index in [2.05, 4.69) is 5.10 Å². The summed E-state index contributed by atoms with van der Waals surface area (Å²) < 4.78 is 25.2. The van der Waals surface area contributed by atoms with Crippen LogP contribution in [0.3, 0.4) is 0 Å². The molecule has 0 N–H and O–H groups in total. The highest BCUT2D eigenvalue weighted by molar-refractivity contribution is 7.91. The van der Waals surface area contributed by atoms with Gasteiger partial charge in [0, 0.05) is 18.1 Å². The van der Waals surface area contributed by atoms with Gasteiger partial charge < -0.3 is 4.90 Å². The summed E-state index contributed by atoms with van der Waals surface area (Å²) in [7, 11) is -1.39. The number of hydrogen-bond donors (Lipinski definition) is 0. The Morgan fingerprint density at radius 2 is 2.12 bits per heavy atom. The fourth-order valence-corrected chi connectivity index (χ4v) is 5.29. The number of amides is 1. The van der Waals surface area contributed by atoms with Crippen molar-refractivity contribution in [3.05, 3.63) is 46.7 Å². The molecular weight excluding hydrogens is 374 g/mol. The Morgan fingerprint density at radius 3 is 2.69 bits per heavy atom. The number of sulfone groups is 1. The molecule has 0 bridgehead atoms. The molecule has 1 aromatic carbocycles. The normalized spacial score (nSPS) is 19.0. The maximum absolute atomic E-state index is 13.0. The minimum absolute atomic E-state index is 0.0225. The summed E-state index contributed by atoms with van der Waals surface area (Å²) >= 11 is 6.09. The lowest BCUT2D eigenvalue weighted by Gasteiger charge is -2.24. The second-order valence-electron chi connectivity index (χ2n) is 6.96. The van der Waals surface area contributed by atoms with E-state index in [1.54, 1.807) is 30.1 Å². The summed E-state index contributed by atoms with van der Waals surface area (Å²) in [4.78, 5) is 14.6. The number of nitrogens with zero attached hydrogens (tertiary/aromatic N) is 3. The van der Waals surface area contributed by atoms with Crippen LogP contribution in [0.2, 0.25) is 5.02 Å². The maximum Gasteiger partial charge on any atom is 0.257 e. The van der Waals surface area contributed by atoms with Crippen molar-refractivity contribution in [2.75, 3.05) is 18.6 Å². The third kappa shape index (κ3) is 3.64. The molecular formula is C18H22ClN3O3S. The molecule has 8 heteroatoms. The molecule has 1 aromatic heterocycles. The average Bonchev–Trinajstić information content (AvgIpc) is 3.17. The first-order valence-electron chi connectivity index (χ1n) is 8.51. The highest BCUT2D eigenvalue weighted by Crippen LogP contribution is 2.27. The van der Waals surface area contributed by atoms with E-state index in [1.807, 2.05) is 26.0 Å². The standard InChI is InChI=1S/C18H22ClN3O3S/c1-12(2)17-16(10-20-22(17)14-6-4-5-13(19)9-14)18(23)21(3)15-7-8-26(24,25)11-15/h4-6,9-10,12,15H,7-8,11H2,1-3H3. The first-order chi connectivity index (χ1) is 12.2. The number of hydrogen-bond acceptors (Lipinski definition) is 4. The minimum Gasteiger partial charge on any atom is -0.338 e. The summed E-state index contributed by atoms with van der Waals surface area (Å²) in [5, 5.41) is 4.99. The summed E-state index contributed by atoms with van der Waals surface area (Å²) in [6, 6.07) is 7.00. The molecule has 0 radical (unpaired) electrons. The fourth-order valence-electron chi connectivity index (χ4n) is 3.33. The van der Waals surface area contributed by atoms with Gasteiger partial charge in [-0.1, -0.05) is 31.5 Å². The topological polar surface area (TPSA) is 72.3 Å². The Kier molecular flexibility index (Phi) is 5.12. The zero-order chi connectivity index (χ0) is 19.1. The zero-order valence-corrected chi connectivity index (χ0v) is 16.6. The third-order valence-corrected chi connectivity index (χ3v) is 6.70. The molecule has 2 heterocycles. The number of aromatic nitrogens is 2. The highest BCUT2D eigenvalue weighted by atomic mass is 35.5. The van der Waals surface area contributed by atoms with Crippen molar-refractivity contribution in [1.29, 1.82) is 0 Å². The number of halogens is 1. The minimum atomic E-state index is -3.05. The summed E-state index contributed by atoms with van der Waals surface area (Å²) in [6.07, 6.45) is 2.03. The lowest BCUT2D eigenvalue weighted by Crippen LogP contribution is -2.38. The Labute approximate surface area is 158 Å². The van der Waals surface area contributed by atoms with Crippen molar-refractivity contribution >= 4 is 27.3 Å². The predicted molar refractivity (Wildman–Crippen MR) is 102 cm³/mol. The molecule has 1 unspecified atom stereocenters. The van der Waals surface area contributed by atoms with E-state index in [9.17, 15) is 13.2 Å². The van der Waals surface area contributed by atoms with Crippen LogP contribution in [-0.4, -0.2) is 53.6 Å². The van der Waals surface area contributed by atoms with Gasteiger partial charge >= 0.3 is 0 Å². The summed E-state index contributed by atoms with van der Waals surface area (Å²) in [5.74, 6) is 0.00296. The van der Waals surface area contributed by atoms with Crippen LogP contribution in [0.25, 0.3) is 5.69 Å². The van der Waals surface area contributed by atoms with E-state index in [4.69, 9.17) is 11.6 Å². The Morgan fingerprint density at radius 1 is 1.38 bits per heavy atom. The monoisotopic (exact) mass is 395 g/mol. The van der Waals surface area contributed by atoms with Crippen molar-refractivity contribution in [3.63, 3.8) is 0 Å². The van der Waals surface area contributed by atoms with Crippen LogP contribution in [0.1, 0.15) is 42.2 Å². The maximum atomic E-state index is 13.0. The van der Waals surface area contributed by atoms with Gasteiger partial charge in [0.25, 0.3) is 5.91 Å². The quantitative estimate of drug-likeness (QED) is 0.797. The Balaban J connectivity index is 1.96. The van der Waals surface area contributed by atoms with Gasteiger partial charge in [-0.05, 0) is 30.5 Å². The molecule has 1 atom stereocenters. The molecule has 0 aliphatic carbocycles. The van der Waals surface area contributed by atoms with Crippen molar-refractivity contribution in [2.24, 2.45) is 0 Å². The van der Waals surface area contributed by atoms with E-state index in [0.717, 1.165) is 11.4 Å². The molecule has 0 saturated carbocycles. The van der Waals surface area contributed by atoms with Crippen LogP contribution in [-0.2, 0) is 9.84 Å². The van der Waals surface area contributed by atoms with Gasteiger partial charge in [0.2, 0.25) is 0 Å². The molecule has 1 saturated heterocycles. The molecule has 1 aliphatic rings. The van der Waals surface area contributed by atoms with Crippen LogP contribution >= 0.6 is 11.6 Å². The van der Waals surface area contributed by atoms with Gasteiger partial charge in [0.1, 0.15) is 0 Å². The largest absolute Gasteiger partial charge is 0.338 e. The zero-order valence-electron chi connectivity index (χ0n) is 15.0. The van der Waals surface area contributed by atoms with Gasteiger partial charge in [-0.15, -0.1) is 0 Å². The average molecular weight is 396 g/mol. The smallest absolute Gasteiger partial charge is 0.257 e. The highest BCUT2D eigenvalue weighted by Gasteiger charge is 2.34. The van der Waals surface area contributed by atoms with E-state index in [1.165, 1.54) is 4.90 Å². The predicted octanol–water partition coefficient (Wildman–Crippen LogP) is 2.91. The van der Waals surface area contributed by atoms with Crippen LogP contribution in [0.15, 0.2) is 30.5 Å².